The summed E-state index contributed by atoms with van der Waals surface area (Å²) in [6.07, 6.45) is 0.665. The van der Waals surface area contributed by atoms with Crippen LogP contribution in [0.25, 0.3) is 0 Å². The van der Waals surface area contributed by atoms with Gasteiger partial charge in [0.25, 0.3) is 0 Å². The number of rotatable bonds is 8. The van der Waals surface area contributed by atoms with Gasteiger partial charge in [-0.15, -0.1) is 0 Å². The van der Waals surface area contributed by atoms with Crippen LogP contribution in [0.2, 0.25) is 0 Å². The Morgan fingerprint density at radius 1 is 1.33 bits per heavy atom. The molecular formula is C12H18BrNO3S. The van der Waals surface area contributed by atoms with Gasteiger partial charge in [0.1, 0.15) is 0 Å². The molecule has 0 saturated heterocycles. The first-order chi connectivity index (χ1) is 8.56. The van der Waals surface area contributed by atoms with E-state index >= 15 is 0 Å². The summed E-state index contributed by atoms with van der Waals surface area (Å²) in [5.41, 5.74) is 0.929. The van der Waals surface area contributed by atoms with Gasteiger partial charge in [0.05, 0.1) is 11.5 Å². The Morgan fingerprint density at radius 3 is 2.78 bits per heavy atom. The maximum Gasteiger partial charge on any atom is 0.240 e. The average molecular weight is 336 g/mol. The number of aryl methyl sites for hydroxylation is 1. The first-order valence-corrected chi connectivity index (χ1v) is 8.37. The highest BCUT2D eigenvalue weighted by atomic mass is 79.9. The minimum absolute atomic E-state index is 0.309. The molecule has 0 saturated carbocycles. The van der Waals surface area contributed by atoms with Crippen molar-refractivity contribution in [3.63, 3.8) is 0 Å². The van der Waals surface area contributed by atoms with Crippen LogP contribution in [0.5, 0.6) is 0 Å². The van der Waals surface area contributed by atoms with Crippen molar-refractivity contribution in [1.82, 2.24) is 4.72 Å². The van der Waals surface area contributed by atoms with E-state index < -0.39 is 10.0 Å². The Labute approximate surface area is 117 Å². The lowest BCUT2D eigenvalue weighted by Crippen LogP contribution is -2.25. The summed E-state index contributed by atoms with van der Waals surface area (Å²) in [5, 5.41) is 0.794. The smallest absolute Gasteiger partial charge is 0.240 e. The van der Waals surface area contributed by atoms with Gasteiger partial charge in [-0.3, -0.25) is 0 Å². The molecule has 4 nitrogen and oxygen atoms in total. The Morgan fingerprint density at radius 2 is 2.11 bits per heavy atom. The number of nitrogens with one attached hydrogen (secondary N) is 1. The summed E-state index contributed by atoms with van der Waals surface area (Å²) in [4.78, 5) is 0.309. The van der Waals surface area contributed by atoms with Gasteiger partial charge in [-0.1, -0.05) is 28.1 Å². The molecule has 1 rings (SSSR count). The van der Waals surface area contributed by atoms with Gasteiger partial charge >= 0.3 is 0 Å². The fourth-order valence-electron chi connectivity index (χ4n) is 1.40. The van der Waals surface area contributed by atoms with Crippen molar-refractivity contribution in [3.05, 3.63) is 29.8 Å². The normalized spacial score (nSPS) is 11.7. The number of alkyl halides is 1. The first-order valence-electron chi connectivity index (χ1n) is 5.76. The van der Waals surface area contributed by atoms with Gasteiger partial charge in [0, 0.05) is 18.5 Å². The zero-order chi connectivity index (χ0) is 13.4. The van der Waals surface area contributed by atoms with E-state index in [1.807, 2.05) is 13.0 Å². The molecule has 18 heavy (non-hydrogen) atoms. The highest BCUT2D eigenvalue weighted by molar-refractivity contribution is 9.09. The molecule has 1 aromatic rings. The van der Waals surface area contributed by atoms with Crippen LogP contribution >= 0.6 is 15.9 Å². The quantitative estimate of drug-likeness (QED) is 0.584. The van der Waals surface area contributed by atoms with Gasteiger partial charge in [0.15, 0.2) is 0 Å². The Kier molecular flexibility index (Phi) is 6.85. The van der Waals surface area contributed by atoms with E-state index in [4.69, 9.17) is 4.74 Å². The number of ether oxygens (including phenoxy) is 1. The standard InChI is InChI=1S/C12H18BrNO3S/c1-11-4-2-5-12(10-11)18(15,16)14-7-3-8-17-9-6-13/h2,4-5,10,14H,3,6-9H2,1H3. The number of hydrogen-bond acceptors (Lipinski definition) is 3. The van der Waals surface area contributed by atoms with Crippen molar-refractivity contribution in [2.24, 2.45) is 0 Å². The van der Waals surface area contributed by atoms with Crippen molar-refractivity contribution < 1.29 is 13.2 Å². The van der Waals surface area contributed by atoms with E-state index in [0.29, 0.717) is 31.1 Å². The lowest BCUT2D eigenvalue weighted by Gasteiger charge is -2.07. The summed E-state index contributed by atoms with van der Waals surface area (Å²) < 4.78 is 31.6. The van der Waals surface area contributed by atoms with Crippen LogP contribution < -0.4 is 4.72 Å². The highest BCUT2D eigenvalue weighted by Gasteiger charge is 2.12. The Hall–Kier alpha value is -0.430. The van der Waals surface area contributed by atoms with E-state index in [9.17, 15) is 8.42 Å². The largest absolute Gasteiger partial charge is 0.381 e. The van der Waals surface area contributed by atoms with Crippen molar-refractivity contribution in [2.45, 2.75) is 18.2 Å². The first kappa shape index (κ1) is 15.6. The van der Waals surface area contributed by atoms with E-state index in [0.717, 1.165) is 10.9 Å². The number of hydrogen-bond donors (Lipinski definition) is 1. The molecule has 102 valence electrons. The highest BCUT2D eigenvalue weighted by Crippen LogP contribution is 2.10. The van der Waals surface area contributed by atoms with Crippen molar-refractivity contribution in [2.75, 3.05) is 25.1 Å². The molecule has 0 heterocycles. The SMILES string of the molecule is Cc1cccc(S(=O)(=O)NCCCOCCBr)c1. The molecule has 1 N–H and O–H groups in total. The van der Waals surface area contributed by atoms with Gasteiger partial charge in [-0.25, -0.2) is 13.1 Å². The zero-order valence-electron chi connectivity index (χ0n) is 10.4. The zero-order valence-corrected chi connectivity index (χ0v) is 12.8. The van der Waals surface area contributed by atoms with Crippen molar-refractivity contribution in [3.8, 4) is 0 Å². The second-order valence-corrected chi connectivity index (χ2v) is 6.43. The molecule has 6 heteroatoms. The predicted molar refractivity (Wildman–Crippen MR) is 75.6 cm³/mol. The van der Waals surface area contributed by atoms with Crippen molar-refractivity contribution in [1.29, 1.82) is 0 Å². The van der Waals surface area contributed by atoms with Crippen LogP contribution in [-0.2, 0) is 14.8 Å². The molecule has 0 aliphatic rings. The molecule has 0 unspecified atom stereocenters. The number of halogens is 1. The maximum absolute atomic E-state index is 11.9. The molecule has 0 aliphatic carbocycles. The van der Waals surface area contributed by atoms with Gasteiger partial charge < -0.3 is 4.74 Å². The molecule has 0 aliphatic heterocycles. The second-order valence-electron chi connectivity index (χ2n) is 3.87. The number of sulfonamides is 1. The van der Waals surface area contributed by atoms with Gasteiger partial charge in [-0.05, 0) is 31.0 Å². The molecular weight excluding hydrogens is 318 g/mol. The van der Waals surface area contributed by atoms with Gasteiger partial charge in [-0.2, -0.15) is 0 Å². The fourth-order valence-corrected chi connectivity index (χ4v) is 2.81. The molecule has 0 spiro atoms. The Bertz CT molecular complexity index is 462. The van der Waals surface area contributed by atoms with E-state index in [-0.39, 0.29) is 0 Å². The van der Waals surface area contributed by atoms with E-state index in [1.165, 1.54) is 0 Å². The second kappa shape index (κ2) is 7.89. The lowest BCUT2D eigenvalue weighted by molar-refractivity contribution is 0.149. The third-order valence-corrected chi connectivity index (χ3v) is 4.06. The molecule has 0 aromatic heterocycles. The van der Waals surface area contributed by atoms with Crippen LogP contribution in [0.4, 0.5) is 0 Å². The minimum Gasteiger partial charge on any atom is -0.381 e. The molecule has 0 atom stereocenters. The van der Waals surface area contributed by atoms with Crippen LogP contribution in [0, 0.1) is 6.92 Å². The summed E-state index contributed by atoms with van der Waals surface area (Å²) in [6, 6.07) is 6.86. The Balaban J connectivity index is 2.41. The summed E-state index contributed by atoms with van der Waals surface area (Å²) >= 11 is 3.25. The van der Waals surface area contributed by atoms with Crippen LogP contribution in [-0.4, -0.2) is 33.5 Å². The molecule has 0 radical (unpaired) electrons. The van der Waals surface area contributed by atoms with Crippen LogP contribution in [0.3, 0.4) is 0 Å². The third-order valence-electron chi connectivity index (χ3n) is 2.28. The van der Waals surface area contributed by atoms with Crippen LogP contribution in [0.15, 0.2) is 29.2 Å². The fraction of sp³-hybridized carbons (Fsp3) is 0.500. The molecule has 0 bridgehead atoms. The minimum atomic E-state index is -3.39. The topological polar surface area (TPSA) is 55.4 Å². The van der Waals surface area contributed by atoms with E-state index in [2.05, 4.69) is 20.7 Å². The van der Waals surface area contributed by atoms with E-state index in [1.54, 1.807) is 18.2 Å². The third kappa shape index (κ3) is 5.48. The summed E-state index contributed by atoms with van der Waals surface area (Å²) in [7, 11) is -3.39. The molecule has 1 aromatic carbocycles. The average Bonchev–Trinajstić information content (AvgIpc) is 2.33. The van der Waals surface area contributed by atoms with Gasteiger partial charge in [0.2, 0.25) is 10.0 Å². The summed E-state index contributed by atoms with van der Waals surface area (Å²) in [6.45, 7) is 3.46. The number of benzene rings is 1. The molecule has 0 amide bonds. The monoisotopic (exact) mass is 335 g/mol. The summed E-state index contributed by atoms with van der Waals surface area (Å²) in [5.74, 6) is 0. The predicted octanol–water partition coefficient (Wildman–Crippen LogP) is 2.07. The lowest BCUT2D eigenvalue weighted by atomic mass is 10.2. The van der Waals surface area contributed by atoms with Crippen molar-refractivity contribution >= 4 is 26.0 Å². The van der Waals surface area contributed by atoms with Crippen LogP contribution in [0.1, 0.15) is 12.0 Å². The molecule has 0 fully saturated rings. The maximum atomic E-state index is 11.9.